The van der Waals surface area contributed by atoms with Crippen LogP contribution in [0.4, 0.5) is 16.2 Å². The van der Waals surface area contributed by atoms with E-state index in [0.29, 0.717) is 22.9 Å². The molecule has 0 spiro atoms. The first-order valence-electron chi connectivity index (χ1n) is 8.33. The van der Waals surface area contributed by atoms with E-state index in [1.54, 1.807) is 58.2 Å². The second-order valence-electron chi connectivity index (χ2n) is 7.19. The summed E-state index contributed by atoms with van der Waals surface area (Å²) in [6.07, 6.45) is -0.502. The standard InChI is InChI=1S/C20H26N2O4/c1-12-13(2)18(10-9-17(12)23)25-14-7-8-15(21)16(11-14)22(6)19(24)26-20(3,4)5/h7-11,23H,21H2,1-6H3. The number of benzene rings is 2. The third-order valence-corrected chi connectivity index (χ3v) is 3.97. The molecular weight excluding hydrogens is 332 g/mol. The van der Waals surface area contributed by atoms with Crippen molar-refractivity contribution < 1.29 is 19.4 Å². The zero-order valence-electron chi connectivity index (χ0n) is 16.1. The van der Waals surface area contributed by atoms with E-state index in [0.717, 1.165) is 11.1 Å². The summed E-state index contributed by atoms with van der Waals surface area (Å²) in [5.41, 5.74) is 7.93. The lowest BCUT2D eigenvalue weighted by molar-refractivity contribution is 0.0589. The number of nitrogens with zero attached hydrogens (tertiary/aromatic N) is 1. The number of phenolic OH excluding ortho intramolecular Hbond substituents is 1. The van der Waals surface area contributed by atoms with Crippen molar-refractivity contribution in [3.8, 4) is 17.2 Å². The van der Waals surface area contributed by atoms with Crippen LogP contribution in [0.15, 0.2) is 30.3 Å². The first-order chi connectivity index (χ1) is 12.0. The Morgan fingerprint density at radius 3 is 2.38 bits per heavy atom. The molecule has 0 radical (unpaired) electrons. The van der Waals surface area contributed by atoms with Crippen molar-refractivity contribution in [1.82, 2.24) is 0 Å². The molecule has 0 atom stereocenters. The Labute approximate surface area is 154 Å². The average molecular weight is 358 g/mol. The number of phenols is 1. The molecule has 3 N–H and O–H groups in total. The van der Waals surface area contributed by atoms with Crippen molar-refractivity contribution in [2.45, 2.75) is 40.2 Å². The zero-order valence-corrected chi connectivity index (χ0v) is 16.1. The molecule has 0 aromatic heterocycles. The number of carbonyl (C=O) groups excluding carboxylic acids is 1. The van der Waals surface area contributed by atoms with Gasteiger partial charge in [-0.15, -0.1) is 0 Å². The van der Waals surface area contributed by atoms with Gasteiger partial charge >= 0.3 is 6.09 Å². The van der Waals surface area contributed by atoms with Gasteiger partial charge in [0.25, 0.3) is 0 Å². The number of nitrogens with two attached hydrogens (primary N) is 1. The quantitative estimate of drug-likeness (QED) is 0.773. The Hall–Kier alpha value is -2.89. The molecule has 0 aliphatic carbocycles. The second kappa shape index (κ2) is 7.15. The molecule has 2 aromatic carbocycles. The molecule has 0 unspecified atom stereocenters. The maximum Gasteiger partial charge on any atom is 0.414 e. The van der Waals surface area contributed by atoms with Gasteiger partial charge in [-0.1, -0.05) is 0 Å². The number of hydrogen-bond donors (Lipinski definition) is 2. The Morgan fingerprint density at radius 2 is 1.77 bits per heavy atom. The molecule has 0 aliphatic rings. The molecule has 0 heterocycles. The van der Waals surface area contributed by atoms with E-state index in [2.05, 4.69) is 0 Å². The third-order valence-electron chi connectivity index (χ3n) is 3.97. The highest BCUT2D eigenvalue weighted by Gasteiger charge is 2.22. The van der Waals surface area contributed by atoms with Gasteiger partial charge < -0.3 is 20.3 Å². The summed E-state index contributed by atoms with van der Waals surface area (Å²) in [4.78, 5) is 13.6. The number of aromatic hydroxyl groups is 1. The summed E-state index contributed by atoms with van der Waals surface area (Å²) in [5.74, 6) is 1.37. The van der Waals surface area contributed by atoms with Gasteiger partial charge in [0.05, 0.1) is 11.4 Å². The van der Waals surface area contributed by atoms with E-state index in [4.69, 9.17) is 15.2 Å². The van der Waals surface area contributed by atoms with Crippen molar-refractivity contribution in [3.05, 3.63) is 41.5 Å². The molecule has 26 heavy (non-hydrogen) atoms. The molecule has 0 saturated heterocycles. The van der Waals surface area contributed by atoms with Gasteiger partial charge in [-0.2, -0.15) is 0 Å². The SMILES string of the molecule is Cc1c(O)ccc(Oc2ccc(N)c(N(C)C(=O)OC(C)(C)C)c2)c1C. The third kappa shape index (κ3) is 4.39. The van der Waals surface area contributed by atoms with Gasteiger partial charge in [0.2, 0.25) is 0 Å². The monoisotopic (exact) mass is 358 g/mol. The van der Waals surface area contributed by atoms with Crippen LogP contribution < -0.4 is 15.4 Å². The molecule has 140 valence electrons. The van der Waals surface area contributed by atoms with Crippen LogP contribution in [0.3, 0.4) is 0 Å². The Balaban J connectivity index is 2.30. The molecule has 0 aliphatic heterocycles. The molecule has 2 rings (SSSR count). The largest absolute Gasteiger partial charge is 0.508 e. The Kier molecular flexibility index (Phi) is 5.35. The molecule has 1 amide bonds. The fourth-order valence-electron chi connectivity index (χ4n) is 2.33. The normalized spacial score (nSPS) is 11.2. The molecule has 6 heteroatoms. The minimum absolute atomic E-state index is 0.220. The van der Waals surface area contributed by atoms with Crippen molar-refractivity contribution in [2.24, 2.45) is 0 Å². The van der Waals surface area contributed by atoms with E-state index in [1.165, 1.54) is 4.90 Å². The lowest BCUT2D eigenvalue weighted by atomic mass is 10.1. The van der Waals surface area contributed by atoms with Crippen LogP contribution in [0.2, 0.25) is 0 Å². The number of nitrogen functional groups attached to an aromatic ring is 1. The highest BCUT2D eigenvalue weighted by molar-refractivity contribution is 5.91. The van der Waals surface area contributed by atoms with Gasteiger partial charge in [0, 0.05) is 13.1 Å². The van der Waals surface area contributed by atoms with Crippen LogP contribution in [0, 0.1) is 13.8 Å². The molecule has 0 bridgehead atoms. The molecule has 0 saturated carbocycles. The predicted octanol–water partition coefficient (Wildman–Crippen LogP) is 4.75. The number of anilines is 2. The van der Waals surface area contributed by atoms with Crippen LogP contribution in [0.1, 0.15) is 31.9 Å². The van der Waals surface area contributed by atoms with E-state index in [-0.39, 0.29) is 5.75 Å². The predicted molar refractivity (Wildman–Crippen MR) is 103 cm³/mol. The van der Waals surface area contributed by atoms with Crippen molar-refractivity contribution in [3.63, 3.8) is 0 Å². The lowest BCUT2D eigenvalue weighted by Crippen LogP contribution is -2.34. The van der Waals surface area contributed by atoms with Crippen LogP contribution in [0.5, 0.6) is 17.2 Å². The Bertz CT molecular complexity index is 825. The minimum atomic E-state index is -0.602. The van der Waals surface area contributed by atoms with Crippen LogP contribution in [-0.2, 0) is 4.74 Å². The average Bonchev–Trinajstić information content (AvgIpc) is 2.54. The highest BCUT2D eigenvalue weighted by atomic mass is 16.6. The second-order valence-corrected chi connectivity index (χ2v) is 7.19. The lowest BCUT2D eigenvalue weighted by Gasteiger charge is -2.25. The van der Waals surface area contributed by atoms with E-state index < -0.39 is 11.7 Å². The van der Waals surface area contributed by atoms with Crippen LogP contribution >= 0.6 is 0 Å². The van der Waals surface area contributed by atoms with Gasteiger partial charge in [-0.25, -0.2) is 4.79 Å². The van der Waals surface area contributed by atoms with Gasteiger partial charge in [-0.3, -0.25) is 4.90 Å². The van der Waals surface area contributed by atoms with Gasteiger partial charge in [0.1, 0.15) is 22.8 Å². The van der Waals surface area contributed by atoms with E-state index in [1.807, 2.05) is 13.8 Å². The number of amides is 1. The number of carbonyl (C=O) groups is 1. The van der Waals surface area contributed by atoms with Crippen molar-refractivity contribution in [1.29, 1.82) is 0 Å². The summed E-state index contributed by atoms with van der Waals surface area (Å²) in [5, 5.41) is 9.77. The first-order valence-corrected chi connectivity index (χ1v) is 8.33. The summed E-state index contributed by atoms with van der Waals surface area (Å²) in [6.45, 7) is 9.10. The summed E-state index contributed by atoms with van der Waals surface area (Å²) in [6, 6.07) is 8.37. The fourth-order valence-corrected chi connectivity index (χ4v) is 2.33. The fraction of sp³-hybridized carbons (Fsp3) is 0.350. The van der Waals surface area contributed by atoms with Crippen molar-refractivity contribution >= 4 is 17.5 Å². The maximum absolute atomic E-state index is 12.3. The van der Waals surface area contributed by atoms with Gasteiger partial charge in [-0.05, 0) is 70.0 Å². The summed E-state index contributed by atoms with van der Waals surface area (Å²) < 4.78 is 11.3. The summed E-state index contributed by atoms with van der Waals surface area (Å²) in [7, 11) is 1.60. The van der Waals surface area contributed by atoms with Gasteiger partial charge in [0.15, 0.2) is 0 Å². The minimum Gasteiger partial charge on any atom is -0.508 e. The topological polar surface area (TPSA) is 85.0 Å². The molecule has 0 fully saturated rings. The van der Waals surface area contributed by atoms with Crippen LogP contribution in [0.25, 0.3) is 0 Å². The zero-order chi connectivity index (χ0) is 19.6. The van der Waals surface area contributed by atoms with E-state index in [9.17, 15) is 9.90 Å². The smallest absolute Gasteiger partial charge is 0.414 e. The molecule has 6 nitrogen and oxygen atoms in total. The van der Waals surface area contributed by atoms with Crippen molar-refractivity contribution in [2.75, 3.05) is 17.7 Å². The summed E-state index contributed by atoms with van der Waals surface area (Å²) >= 11 is 0. The number of rotatable bonds is 3. The molecule has 2 aromatic rings. The first kappa shape index (κ1) is 19.4. The number of ether oxygens (including phenoxy) is 2. The van der Waals surface area contributed by atoms with Crippen LogP contribution in [-0.4, -0.2) is 23.8 Å². The highest BCUT2D eigenvalue weighted by Crippen LogP contribution is 2.34. The maximum atomic E-state index is 12.3. The van der Waals surface area contributed by atoms with E-state index >= 15 is 0 Å². The number of hydrogen-bond acceptors (Lipinski definition) is 5. The Morgan fingerprint density at radius 1 is 1.12 bits per heavy atom. The molecular formula is C20H26N2O4.